The van der Waals surface area contributed by atoms with Crippen molar-refractivity contribution in [3.63, 3.8) is 0 Å². The smallest absolute Gasteiger partial charge is 0.406 e. The molecule has 0 aliphatic heterocycles. The van der Waals surface area contributed by atoms with Crippen molar-refractivity contribution in [3.8, 4) is 5.75 Å². The molecule has 2 rings (SSSR count). The second-order valence-electron chi connectivity index (χ2n) is 5.76. The van der Waals surface area contributed by atoms with E-state index in [9.17, 15) is 18.0 Å². The number of ether oxygens (including phenoxy) is 1. The summed E-state index contributed by atoms with van der Waals surface area (Å²) < 4.78 is 41.7. The van der Waals surface area contributed by atoms with Crippen molar-refractivity contribution < 1.29 is 17.9 Å². The maximum Gasteiger partial charge on any atom is 0.573 e. The summed E-state index contributed by atoms with van der Waals surface area (Å²) in [6, 6.07) is 10.5. The number of guanidine groups is 1. The lowest BCUT2D eigenvalue weighted by molar-refractivity contribution is -0.274. The van der Waals surface area contributed by atoms with Crippen LogP contribution in [0.1, 0.15) is 18.4 Å². The van der Waals surface area contributed by atoms with Crippen LogP contribution in [0.5, 0.6) is 5.75 Å². The molecular weight excluding hydrogens is 361 g/mol. The van der Waals surface area contributed by atoms with Gasteiger partial charge in [0.05, 0.1) is 6.54 Å². The molecule has 0 aliphatic rings. The van der Waals surface area contributed by atoms with E-state index in [1.165, 1.54) is 30.3 Å². The monoisotopic (exact) mass is 382 g/mol. The Balaban J connectivity index is 1.68. The van der Waals surface area contributed by atoms with Crippen LogP contribution in [0.15, 0.2) is 58.4 Å². The minimum Gasteiger partial charge on any atom is -0.406 e. The first-order valence-electron chi connectivity index (χ1n) is 8.37. The number of rotatable bonds is 8. The summed E-state index contributed by atoms with van der Waals surface area (Å²) >= 11 is 0. The lowest BCUT2D eigenvalue weighted by Gasteiger charge is -2.09. The van der Waals surface area contributed by atoms with Crippen molar-refractivity contribution in [2.45, 2.75) is 32.3 Å². The first-order chi connectivity index (χ1) is 12.8. The standard InChI is InChI=1S/C18H21F3N4O2/c19-18(20,21)27-15-8-6-14(7-9-15)13-24-17(22)23-10-2-4-12-25-11-3-1-5-16(25)26/h1,3,5-9,11H,2,4,10,12-13H2,(H3,22,23,24). The summed E-state index contributed by atoms with van der Waals surface area (Å²) in [4.78, 5) is 15.7. The molecule has 0 spiro atoms. The third kappa shape index (κ3) is 7.85. The van der Waals surface area contributed by atoms with Gasteiger partial charge in [0, 0.05) is 25.4 Å². The van der Waals surface area contributed by atoms with Crippen LogP contribution in [-0.4, -0.2) is 23.4 Å². The number of alkyl halides is 3. The molecule has 0 atom stereocenters. The van der Waals surface area contributed by atoms with E-state index >= 15 is 0 Å². The van der Waals surface area contributed by atoms with E-state index in [0.29, 0.717) is 18.7 Å². The second kappa shape index (κ2) is 9.65. The van der Waals surface area contributed by atoms with Crippen LogP contribution in [-0.2, 0) is 13.1 Å². The lowest BCUT2D eigenvalue weighted by atomic mass is 10.2. The molecule has 1 aromatic heterocycles. The summed E-state index contributed by atoms with van der Waals surface area (Å²) in [5.74, 6) is -0.0265. The number of unbranched alkanes of at least 4 members (excludes halogenated alkanes) is 1. The molecule has 0 aliphatic carbocycles. The van der Waals surface area contributed by atoms with E-state index < -0.39 is 6.36 Å². The number of benzene rings is 1. The van der Waals surface area contributed by atoms with Gasteiger partial charge in [0.2, 0.25) is 5.56 Å². The molecule has 0 radical (unpaired) electrons. The Labute approximate surface area is 154 Å². The number of aryl methyl sites for hydroxylation is 1. The highest BCUT2D eigenvalue weighted by molar-refractivity contribution is 5.77. The van der Waals surface area contributed by atoms with Crippen molar-refractivity contribution in [2.75, 3.05) is 6.54 Å². The van der Waals surface area contributed by atoms with Crippen LogP contribution in [0.4, 0.5) is 13.2 Å². The van der Waals surface area contributed by atoms with E-state index in [-0.39, 0.29) is 23.8 Å². The Morgan fingerprint density at radius 2 is 1.89 bits per heavy atom. The molecule has 6 nitrogen and oxygen atoms in total. The Morgan fingerprint density at radius 3 is 2.56 bits per heavy atom. The maximum absolute atomic E-state index is 12.1. The van der Waals surface area contributed by atoms with E-state index in [2.05, 4.69) is 15.0 Å². The highest BCUT2D eigenvalue weighted by Gasteiger charge is 2.30. The first kappa shape index (κ1) is 20.3. The quantitative estimate of drug-likeness (QED) is 0.418. The largest absolute Gasteiger partial charge is 0.573 e. The average Bonchev–Trinajstić information content (AvgIpc) is 2.61. The molecule has 1 heterocycles. The number of nitrogens with zero attached hydrogens (tertiary/aromatic N) is 2. The molecule has 0 saturated heterocycles. The third-order valence-corrected chi connectivity index (χ3v) is 3.62. The van der Waals surface area contributed by atoms with Gasteiger partial charge in [-0.3, -0.25) is 4.79 Å². The van der Waals surface area contributed by atoms with Gasteiger partial charge in [-0.1, -0.05) is 18.2 Å². The van der Waals surface area contributed by atoms with Gasteiger partial charge in [-0.05, 0) is 36.6 Å². The zero-order valence-electron chi connectivity index (χ0n) is 14.6. The zero-order chi connectivity index (χ0) is 19.7. The van der Waals surface area contributed by atoms with Crippen molar-refractivity contribution in [3.05, 3.63) is 64.6 Å². The molecule has 3 N–H and O–H groups in total. The van der Waals surface area contributed by atoms with E-state index in [0.717, 1.165) is 12.8 Å². The number of hydrogen-bond acceptors (Lipinski definition) is 3. The zero-order valence-corrected chi connectivity index (χ0v) is 14.6. The van der Waals surface area contributed by atoms with E-state index in [4.69, 9.17) is 5.73 Å². The fourth-order valence-electron chi connectivity index (χ4n) is 2.30. The molecule has 0 saturated carbocycles. The number of aliphatic imine (C=N–C) groups is 1. The minimum atomic E-state index is -4.71. The molecule has 9 heteroatoms. The molecule has 0 amide bonds. The topological polar surface area (TPSA) is 81.6 Å². The van der Waals surface area contributed by atoms with E-state index in [1.54, 1.807) is 16.8 Å². The Hall–Kier alpha value is -2.97. The summed E-state index contributed by atoms with van der Waals surface area (Å²) in [7, 11) is 0. The maximum atomic E-state index is 12.1. The average molecular weight is 382 g/mol. The Kier molecular flexibility index (Phi) is 7.27. The highest BCUT2D eigenvalue weighted by atomic mass is 19.4. The Morgan fingerprint density at radius 1 is 1.15 bits per heavy atom. The molecule has 27 heavy (non-hydrogen) atoms. The number of nitrogens with two attached hydrogens (primary N) is 1. The number of pyridine rings is 1. The van der Waals surface area contributed by atoms with Gasteiger partial charge in [0.25, 0.3) is 0 Å². The molecule has 2 aromatic rings. The van der Waals surface area contributed by atoms with Crippen LogP contribution >= 0.6 is 0 Å². The van der Waals surface area contributed by atoms with Gasteiger partial charge in [0.15, 0.2) is 5.96 Å². The van der Waals surface area contributed by atoms with Crippen molar-refractivity contribution in [1.82, 2.24) is 9.88 Å². The fourth-order valence-corrected chi connectivity index (χ4v) is 2.30. The summed E-state index contributed by atoms with van der Waals surface area (Å²) in [5, 5.41) is 2.96. The third-order valence-electron chi connectivity index (χ3n) is 3.62. The van der Waals surface area contributed by atoms with Crippen LogP contribution in [0, 0.1) is 0 Å². The van der Waals surface area contributed by atoms with Crippen LogP contribution < -0.4 is 21.3 Å². The first-order valence-corrected chi connectivity index (χ1v) is 8.37. The molecule has 0 unspecified atom stereocenters. The molecule has 0 fully saturated rings. The van der Waals surface area contributed by atoms with Crippen molar-refractivity contribution in [1.29, 1.82) is 0 Å². The molecular formula is C18H21F3N4O2. The highest BCUT2D eigenvalue weighted by Crippen LogP contribution is 2.22. The van der Waals surface area contributed by atoms with Gasteiger partial charge in [-0.15, -0.1) is 13.2 Å². The lowest BCUT2D eigenvalue weighted by Crippen LogP contribution is -2.32. The van der Waals surface area contributed by atoms with Gasteiger partial charge in [-0.2, -0.15) is 0 Å². The normalized spacial score (nSPS) is 12.0. The molecule has 146 valence electrons. The number of aromatic nitrogens is 1. The SMILES string of the molecule is NC(=NCc1ccc(OC(F)(F)F)cc1)NCCCCn1ccccc1=O. The van der Waals surface area contributed by atoms with Gasteiger partial charge in [-0.25, -0.2) is 4.99 Å². The van der Waals surface area contributed by atoms with Crippen molar-refractivity contribution >= 4 is 5.96 Å². The number of hydrogen-bond donors (Lipinski definition) is 2. The minimum absolute atomic E-state index is 0.0295. The predicted molar refractivity (Wildman–Crippen MR) is 96.4 cm³/mol. The number of nitrogens with one attached hydrogen (secondary N) is 1. The van der Waals surface area contributed by atoms with Crippen LogP contribution in [0.25, 0.3) is 0 Å². The van der Waals surface area contributed by atoms with Gasteiger partial charge < -0.3 is 20.4 Å². The summed E-state index contributed by atoms with van der Waals surface area (Å²) in [6.07, 6.45) is -1.34. The van der Waals surface area contributed by atoms with Crippen LogP contribution in [0.3, 0.4) is 0 Å². The predicted octanol–water partition coefficient (Wildman–Crippen LogP) is 2.63. The van der Waals surface area contributed by atoms with Gasteiger partial charge >= 0.3 is 6.36 Å². The fraction of sp³-hybridized carbons (Fsp3) is 0.333. The van der Waals surface area contributed by atoms with Gasteiger partial charge in [0.1, 0.15) is 5.75 Å². The number of halogens is 3. The van der Waals surface area contributed by atoms with Crippen molar-refractivity contribution in [2.24, 2.45) is 10.7 Å². The summed E-state index contributed by atoms with van der Waals surface area (Å²) in [5.41, 5.74) is 6.44. The molecule has 0 bridgehead atoms. The summed E-state index contributed by atoms with van der Waals surface area (Å²) in [6.45, 7) is 1.48. The van der Waals surface area contributed by atoms with Crippen LogP contribution in [0.2, 0.25) is 0 Å². The second-order valence-corrected chi connectivity index (χ2v) is 5.76. The van der Waals surface area contributed by atoms with E-state index in [1.807, 2.05) is 6.07 Å². The Bertz CT molecular complexity index is 801. The molecule has 1 aromatic carbocycles.